The number of amides is 3. The number of anilines is 3. The Hall–Kier alpha value is -3.26. The van der Waals surface area contributed by atoms with Crippen molar-refractivity contribution in [3.8, 4) is 11.5 Å². The maximum Gasteiger partial charge on any atom is 0.229 e. The number of carbonyl (C=O) groups is 3. The Balaban J connectivity index is 1.72. The first-order valence-electron chi connectivity index (χ1n) is 9.22. The fourth-order valence-electron chi connectivity index (χ4n) is 3.26. The molecule has 0 spiro atoms. The van der Waals surface area contributed by atoms with Gasteiger partial charge in [0.2, 0.25) is 17.7 Å². The van der Waals surface area contributed by atoms with Crippen LogP contribution in [-0.4, -0.2) is 38.5 Å². The Kier molecular flexibility index (Phi) is 6.47. The maximum absolute atomic E-state index is 12.7. The van der Waals surface area contributed by atoms with Gasteiger partial charge in [-0.15, -0.1) is 0 Å². The first-order chi connectivity index (χ1) is 14.3. The molecular weight excluding hydrogens is 410 g/mol. The molecular formula is C21H22ClN3O5. The van der Waals surface area contributed by atoms with Crippen molar-refractivity contribution in [2.24, 2.45) is 5.92 Å². The van der Waals surface area contributed by atoms with Gasteiger partial charge in [0.05, 0.1) is 36.5 Å². The summed E-state index contributed by atoms with van der Waals surface area (Å²) in [5, 5.41) is 5.66. The zero-order chi connectivity index (χ0) is 21.8. The molecule has 30 heavy (non-hydrogen) atoms. The third-order valence-electron chi connectivity index (χ3n) is 4.72. The first kappa shape index (κ1) is 21.4. The molecule has 1 fully saturated rings. The van der Waals surface area contributed by atoms with Crippen molar-refractivity contribution in [3.63, 3.8) is 0 Å². The van der Waals surface area contributed by atoms with Gasteiger partial charge in [-0.05, 0) is 30.3 Å². The van der Waals surface area contributed by atoms with E-state index in [9.17, 15) is 14.4 Å². The number of hydrogen-bond acceptors (Lipinski definition) is 5. The van der Waals surface area contributed by atoms with Crippen molar-refractivity contribution in [2.75, 3.05) is 36.3 Å². The molecule has 2 aromatic carbocycles. The van der Waals surface area contributed by atoms with Crippen molar-refractivity contribution in [3.05, 3.63) is 41.4 Å². The first-order valence-corrected chi connectivity index (χ1v) is 9.60. The lowest BCUT2D eigenvalue weighted by atomic mass is 10.1. The molecule has 0 aliphatic carbocycles. The fraction of sp³-hybridized carbons (Fsp3) is 0.286. The van der Waals surface area contributed by atoms with E-state index in [4.69, 9.17) is 21.1 Å². The Morgan fingerprint density at radius 1 is 1.10 bits per heavy atom. The van der Waals surface area contributed by atoms with E-state index in [1.54, 1.807) is 43.5 Å². The van der Waals surface area contributed by atoms with Gasteiger partial charge in [-0.25, -0.2) is 0 Å². The van der Waals surface area contributed by atoms with Gasteiger partial charge in [0.1, 0.15) is 11.5 Å². The van der Waals surface area contributed by atoms with Crippen LogP contribution in [0.2, 0.25) is 5.02 Å². The van der Waals surface area contributed by atoms with Crippen LogP contribution in [0.5, 0.6) is 11.5 Å². The SMILES string of the molecule is COc1ccc(N2CC(C(=O)Nc3ccc(NC(C)=O)cc3Cl)CC2=O)c(OC)c1. The Morgan fingerprint density at radius 3 is 2.50 bits per heavy atom. The van der Waals surface area contributed by atoms with Crippen molar-refractivity contribution in [1.29, 1.82) is 0 Å². The van der Waals surface area contributed by atoms with E-state index in [1.807, 2.05) is 0 Å². The lowest BCUT2D eigenvalue weighted by Crippen LogP contribution is -2.28. The van der Waals surface area contributed by atoms with Gasteiger partial charge in [0.25, 0.3) is 0 Å². The number of halogens is 1. The molecule has 0 bridgehead atoms. The summed E-state index contributed by atoms with van der Waals surface area (Å²) >= 11 is 6.21. The highest BCUT2D eigenvalue weighted by atomic mass is 35.5. The molecule has 0 saturated carbocycles. The van der Waals surface area contributed by atoms with E-state index in [0.717, 1.165) is 0 Å². The molecule has 1 aliphatic heterocycles. The monoisotopic (exact) mass is 431 g/mol. The van der Waals surface area contributed by atoms with Gasteiger partial charge in [0, 0.05) is 31.6 Å². The third kappa shape index (κ3) is 4.65. The molecule has 0 radical (unpaired) electrons. The maximum atomic E-state index is 12.7. The standard InChI is InChI=1S/C21H22ClN3O5/c1-12(26)23-14-4-6-17(16(22)9-14)24-21(28)13-8-20(27)25(11-13)18-7-5-15(29-2)10-19(18)30-3/h4-7,9-10,13H,8,11H2,1-3H3,(H,23,26)(H,24,28). The van der Waals surface area contributed by atoms with Crippen LogP contribution in [0.4, 0.5) is 17.1 Å². The fourth-order valence-corrected chi connectivity index (χ4v) is 3.48. The number of nitrogens with one attached hydrogen (secondary N) is 2. The number of carbonyl (C=O) groups excluding carboxylic acids is 3. The summed E-state index contributed by atoms with van der Waals surface area (Å²) in [6, 6.07) is 9.94. The third-order valence-corrected chi connectivity index (χ3v) is 5.03. The normalized spacial score (nSPS) is 15.7. The molecule has 1 heterocycles. The molecule has 3 amide bonds. The van der Waals surface area contributed by atoms with Crippen LogP contribution in [0.25, 0.3) is 0 Å². The van der Waals surface area contributed by atoms with E-state index in [-0.39, 0.29) is 35.7 Å². The highest BCUT2D eigenvalue weighted by molar-refractivity contribution is 6.34. The van der Waals surface area contributed by atoms with Crippen molar-refractivity contribution in [2.45, 2.75) is 13.3 Å². The molecule has 3 rings (SSSR count). The smallest absolute Gasteiger partial charge is 0.229 e. The van der Waals surface area contributed by atoms with Crippen molar-refractivity contribution >= 4 is 46.4 Å². The summed E-state index contributed by atoms with van der Waals surface area (Å²) in [7, 11) is 3.05. The van der Waals surface area contributed by atoms with Crippen LogP contribution < -0.4 is 25.0 Å². The van der Waals surface area contributed by atoms with Gasteiger partial charge in [-0.3, -0.25) is 14.4 Å². The molecule has 1 saturated heterocycles. The molecule has 2 N–H and O–H groups in total. The van der Waals surface area contributed by atoms with Crippen LogP contribution in [0, 0.1) is 5.92 Å². The molecule has 158 valence electrons. The average Bonchev–Trinajstić information content (AvgIpc) is 3.10. The van der Waals surface area contributed by atoms with Gasteiger partial charge >= 0.3 is 0 Å². The summed E-state index contributed by atoms with van der Waals surface area (Å²) in [4.78, 5) is 38.0. The number of methoxy groups -OCH3 is 2. The van der Waals surface area contributed by atoms with Crippen LogP contribution in [0.3, 0.4) is 0 Å². The van der Waals surface area contributed by atoms with Crippen molar-refractivity contribution < 1.29 is 23.9 Å². The molecule has 1 unspecified atom stereocenters. The minimum Gasteiger partial charge on any atom is -0.497 e. The number of benzene rings is 2. The minimum absolute atomic E-state index is 0.0720. The second kappa shape index (κ2) is 9.04. The van der Waals surface area contributed by atoms with Gasteiger partial charge in [-0.1, -0.05) is 11.6 Å². The Bertz CT molecular complexity index is 995. The number of nitrogens with zero attached hydrogens (tertiary/aromatic N) is 1. The second-order valence-electron chi connectivity index (χ2n) is 6.81. The number of rotatable bonds is 6. The average molecular weight is 432 g/mol. The molecule has 1 atom stereocenters. The Morgan fingerprint density at radius 2 is 1.87 bits per heavy atom. The molecule has 1 aliphatic rings. The van der Waals surface area contributed by atoms with Crippen molar-refractivity contribution in [1.82, 2.24) is 0 Å². The van der Waals surface area contributed by atoms with Gasteiger partial charge in [-0.2, -0.15) is 0 Å². The van der Waals surface area contributed by atoms with Gasteiger partial charge < -0.3 is 25.0 Å². The predicted molar refractivity (Wildman–Crippen MR) is 114 cm³/mol. The minimum atomic E-state index is -0.546. The van der Waals surface area contributed by atoms with Crippen LogP contribution in [0.1, 0.15) is 13.3 Å². The molecule has 9 heteroatoms. The summed E-state index contributed by atoms with van der Waals surface area (Å²) in [5.41, 5.74) is 1.51. The highest BCUT2D eigenvalue weighted by Gasteiger charge is 2.36. The summed E-state index contributed by atoms with van der Waals surface area (Å²) in [6.07, 6.45) is 0.0720. The zero-order valence-electron chi connectivity index (χ0n) is 16.8. The largest absolute Gasteiger partial charge is 0.497 e. The van der Waals surface area contributed by atoms with E-state index in [0.29, 0.717) is 28.6 Å². The van der Waals surface area contributed by atoms with Crippen LogP contribution in [-0.2, 0) is 14.4 Å². The Labute approximate surface area is 179 Å². The topological polar surface area (TPSA) is 97.0 Å². The quantitative estimate of drug-likeness (QED) is 0.731. The number of ether oxygens (including phenoxy) is 2. The molecule has 8 nitrogen and oxygen atoms in total. The molecule has 2 aromatic rings. The predicted octanol–water partition coefficient (Wildman–Crippen LogP) is 3.31. The summed E-state index contributed by atoms with van der Waals surface area (Å²) < 4.78 is 10.6. The van der Waals surface area contributed by atoms with E-state index < -0.39 is 5.92 Å². The van der Waals surface area contributed by atoms with Crippen LogP contribution in [0.15, 0.2) is 36.4 Å². The van der Waals surface area contributed by atoms with E-state index in [2.05, 4.69) is 10.6 Å². The van der Waals surface area contributed by atoms with Gasteiger partial charge in [0.15, 0.2) is 0 Å². The summed E-state index contributed by atoms with van der Waals surface area (Å²) in [6.45, 7) is 1.61. The van der Waals surface area contributed by atoms with E-state index in [1.165, 1.54) is 18.9 Å². The summed E-state index contributed by atoms with van der Waals surface area (Å²) in [5.74, 6) is -0.163. The van der Waals surface area contributed by atoms with E-state index >= 15 is 0 Å². The number of hydrogen-bond donors (Lipinski definition) is 2. The van der Waals surface area contributed by atoms with Crippen LogP contribution >= 0.6 is 11.6 Å². The molecule has 0 aromatic heterocycles. The highest BCUT2D eigenvalue weighted by Crippen LogP contribution is 2.36. The zero-order valence-corrected chi connectivity index (χ0v) is 17.6. The second-order valence-corrected chi connectivity index (χ2v) is 7.22. The lowest BCUT2D eigenvalue weighted by molar-refractivity contribution is -0.122. The lowest BCUT2D eigenvalue weighted by Gasteiger charge is -2.20.